The molecule has 0 saturated heterocycles. The van der Waals surface area contributed by atoms with Gasteiger partial charge in [0.05, 0.1) is 31.7 Å². The van der Waals surface area contributed by atoms with Crippen LogP contribution in [0, 0.1) is 11.8 Å². The number of thioether (sulfide) groups is 1. The van der Waals surface area contributed by atoms with Crippen LogP contribution in [-0.4, -0.2) is 44.0 Å². The van der Waals surface area contributed by atoms with E-state index in [4.69, 9.17) is 0 Å². The number of nitrogens with zero attached hydrogens (tertiary/aromatic N) is 1. The van der Waals surface area contributed by atoms with Crippen molar-refractivity contribution in [1.29, 1.82) is 0 Å². The van der Waals surface area contributed by atoms with Gasteiger partial charge in [0.25, 0.3) is 0 Å². The van der Waals surface area contributed by atoms with Crippen LogP contribution < -0.4 is 0 Å². The predicted molar refractivity (Wildman–Crippen MR) is 56.8 cm³/mol. The van der Waals surface area contributed by atoms with Gasteiger partial charge in [-0.05, 0) is 6.26 Å². The van der Waals surface area contributed by atoms with E-state index in [1.165, 1.54) is 26.0 Å². The number of carbonyl (C=O) groups is 2. The lowest BCUT2D eigenvalue weighted by molar-refractivity contribution is -0.153. The number of hydrogen-bond acceptors (Lipinski definition) is 6. The third-order valence-electron chi connectivity index (χ3n) is 2.28. The Balaban J connectivity index is 2.86. The fourth-order valence-electron chi connectivity index (χ4n) is 1.51. The van der Waals surface area contributed by atoms with Crippen molar-refractivity contribution in [2.45, 2.75) is 0 Å². The van der Waals surface area contributed by atoms with E-state index in [1.54, 1.807) is 0 Å². The van der Waals surface area contributed by atoms with Crippen molar-refractivity contribution in [2.75, 3.05) is 27.0 Å². The van der Waals surface area contributed by atoms with Crippen LogP contribution in [0.3, 0.4) is 0 Å². The van der Waals surface area contributed by atoms with Gasteiger partial charge in [0, 0.05) is 0 Å². The van der Waals surface area contributed by atoms with E-state index in [0.717, 1.165) is 0 Å². The lowest BCUT2D eigenvalue weighted by Crippen LogP contribution is -2.33. The average molecular weight is 231 g/mol. The second kappa shape index (κ2) is 5.16. The van der Waals surface area contributed by atoms with Crippen LogP contribution in [0.5, 0.6) is 0 Å². The van der Waals surface area contributed by atoms with Gasteiger partial charge in [-0.15, -0.1) is 11.8 Å². The molecule has 1 heterocycles. The minimum atomic E-state index is -0.600. The zero-order chi connectivity index (χ0) is 11.4. The summed E-state index contributed by atoms with van der Waals surface area (Å²) in [5.74, 6) is -1.99. The molecule has 1 rings (SSSR count). The lowest BCUT2D eigenvalue weighted by atomic mass is 9.96. The monoisotopic (exact) mass is 231 g/mol. The summed E-state index contributed by atoms with van der Waals surface area (Å²) in [6.45, 7) is 0.294. The molecule has 15 heavy (non-hydrogen) atoms. The highest BCUT2D eigenvalue weighted by Crippen LogP contribution is 2.28. The average Bonchev–Trinajstić information content (AvgIpc) is 2.70. The summed E-state index contributed by atoms with van der Waals surface area (Å²) in [5, 5.41) is 0.636. The van der Waals surface area contributed by atoms with Gasteiger partial charge in [-0.1, -0.05) is 0 Å². The van der Waals surface area contributed by atoms with Crippen molar-refractivity contribution in [3.05, 3.63) is 0 Å². The fourth-order valence-corrected chi connectivity index (χ4v) is 2.23. The second-order valence-corrected chi connectivity index (χ2v) is 3.84. The van der Waals surface area contributed by atoms with E-state index in [9.17, 15) is 9.59 Å². The molecule has 0 amide bonds. The molecule has 0 fully saturated rings. The molecule has 6 heteroatoms. The van der Waals surface area contributed by atoms with Crippen LogP contribution in [-0.2, 0) is 19.1 Å². The van der Waals surface area contributed by atoms with Crippen molar-refractivity contribution in [3.63, 3.8) is 0 Å². The smallest absolute Gasteiger partial charge is 0.316 e. The van der Waals surface area contributed by atoms with E-state index in [1.807, 2.05) is 6.26 Å². The standard InChI is InChI=1S/C9H13NO4S/c1-13-8(11)5-4-10-7(15-3)6(5)9(12)14-2/h5-6H,4H2,1-3H3/t5-,6+/m0/s1. The van der Waals surface area contributed by atoms with Crippen LogP contribution >= 0.6 is 11.8 Å². The lowest BCUT2D eigenvalue weighted by Gasteiger charge is -2.15. The maximum atomic E-state index is 11.5. The van der Waals surface area contributed by atoms with Crippen LogP contribution in [0.1, 0.15) is 0 Å². The molecule has 0 aliphatic carbocycles. The summed E-state index contributed by atoms with van der Waals surface area (Å²) < 4.78 is 9.27. The summed E-state index contributed by atoms with van der Waals surface area (Å²) in [7, 11) is 2.60. The Morgan fingerprint density at radius 1 is 1.33 bits per heavy atom. The quantitative estimate of drug-likeness (QED) is 0.641. The highest BCUT2D eigenvalue weighted by Gasteiger charge is 2.42. The first-order valence-corrected chi connectivity index (χ1v) is 5.62. The van der Waals surface area contributed by atoms with E-state index >= 15 is 0 Å². The Morgan fingerprint density at radius 3 is 2.40 bits per heavy atom. The van der Waals surface area contributed by atoms with Crippen LogP contribution in [0.4, 0.5) is 0 Å². The molecule has 0 radical (unpaired) electrons. The second-order valence-electron chi connectivity index (χ2n) is 3.01. The normalized spacial score (nSPS) is 24.6. The summed E-state index contributed by atoms with van der Waals surface area (Å²) >= 11 is 1.36. The van der Waals surface area contributed by atoms with Gasteiger partial charge < -0.3 is 9.47 Å². The minimum absolute atomic E-state index is 0.294. The van der Waals surface area contributed by atoms with Crippen LogP contribution in [0.15, 0.2) is 4.99 Å². The largest absolute Gasteiger partial charge is 0.469 e. The predicted octanol–water partition coefficient (Wildman–Crippen LogP) is 0.340. The molecule has 2 atom stereocenters. The number of carbonyl (C=O) groups excluding carboxylic acids is 2. The highest BCUT2D eigenvalue weighted by atomic mass is 32.2. The van der Waals surface area contributed by atoms with Gasteiger partial charge in [-0.3, -0.25) is 14.6 Å². The van der Waals surface area contributed by atoms with Crippen LogP contribution in [0.2, 0.25) is 0 Å². The van der Waals surface area contributed by atoms with Crippen molar-refractivity contribution < 1.29 is 19.1 Å². The fraction of sp³-hybridized carbons (Fsp3) is 0.667. The van der Waals surface area contributed by atoms with E-state index in [-0.39, 0.29) is 0 Å². The molecule has 0 bridgehead atoms. The van der Waals surface area contributed by atoms with Gasteiger partial charge in [-0.25, -0.2) is 0 Å². The zero-order valence-corrected chi connectivity index (χ0v) is 9.67. The molecular weight excluding hydrogens is 218 g/mol. The SMILES string of the molecule is COC(=O)[C@H]1C(SC)=NC[C@@H]1C(=O)OC. The highest BCUT2D eigenvalue weighted by molar-refractivity contribution is 8.13. The van der Waals surface area contributed by atoms with Crippen molar-refractivity contribution in [1.82, 2.24) is 0 Å². The summed E-state index contributed by atoms with van der Waals surface area (Å²) in [6.07, 6.45) is 1.81. The van der Waals surface area contributed by atoms with Crippen molar-refractivity contribution in [3.8, 4) is 0 Å². The zero-order valence-electron chi connectivity index (χ0n) is 8.85. The molecule has 0 aromatic rings. The number of aliphatic imine (C=N–C) groups is 1. The molecule has 5 nitrogen and oxygen atoms in total. The molecule has 0 N–H and O–H groups in total. The van der Waals surface area contributed by atoms with E-state index in [2.05, 4.69) is 14.5 Å². The van der Waals surface area contributed by atoms with Gasteiger partial charge in [0.1, 0.15) is 5.92 Å². The van der Waals surface area contributed by atoms with Gasteiger partial charge >= 0.3 is 11.9 Å². The Kier molecular flexibility index (Phi) is 4.14. The molecule has 0 aromatic heterocycles. The number of esters is 2. The summed E-state index contributed by atoms with van der Waals surface area (Å²) in [4.78, 5) is 27.0. The molecule has 1 aliphatic rings. The van der Waals surface area contributed by atoms with Gasteiger partial charge in [0.2, 0.25) is 0 Å². The minimum Gasteiger partial charge on any atom is -0.469 e. The molecule has 0 aromatic carbocycles. The van der Waals surface area contributed by atoms with Crippen molar-refractivity contribution in [2.24, 2.45) is 16.8 Å². The Hall–Kier alpha value is -1.04. The molecule has 1 aliphatic heterocycles. The van der Waals surface area contributed by atoms with E-state index < -0.39 is 23.8 Å². The molecule has 84 valence electrons. The van der Waals surface area contributed by atoms with Gasteiger partial charge in [-0.2, -0.15) is 0 Å². The maximum Gasteiger partial charge on any atom is 0.316 e. The van der Waals surface area contributed by atoms with Gasteiger partial charge in [0.15, 0.2) is 0 Å². The molecular formula is C9H13NO4S. The molecule has 0 unspecified atom stereocenters. The third-order valence-corrected chi connectivity index (χ3v) is 3.08. The van der Waals surface area contributed by atoms with Crippen molar-refractivity contribution >= 4 is 28.7 Å². The summed E-state index contributed by atoms with van der Waals surface area (Å²) in [5.41, 5.74) is 0. The first-order chi connectivity index (χ1) is 7.15. The number of ether oxygens (including phenoxy) is 2. The Morgan fingerprint density at radius 2 is 1.93 bits per heavy atom. The maximum absolute atomic E-state index is 11.5. The number of rotatable bonds is 2. The number of methoxy groups -OCH3 is 2. The molecule has 0 spiro atoms. The Bertz CT molecular complexity index is 302. The molecule has 0 saturated carbocycles. The van der Waals surface area contributed by atoms with Crippen LogP contribution in [0.25, 0.3) is 0 Å². The van der Waals surface area contributed by atoms with E-state index in [0.29, 0.717) is 11.6 Å². The Labute approximate surface area is 92.2 Å². The topological polar surface area (TPSA) is 65.0 Å². The third kappa shape index (κ3) is 2.31. The first-order valence-electron chi connectivity index (χ1n) is 4.39. The number of hydrogen-bond donors (Lipinski definition) is 0. The first kappa shape index (κ1) is 12.0. The summed E-state index contributed by atoms with van der Waals surface area (Å²) in [6, 6.07) is 0.